The number of benzene rings is 1. The third-order valence-corrected chi connectivity index (χ3v) is 4.48. The summed E-state index contributed by atoms with van der Waals surface area (Å²) >= 11 is 6.21. The Morgan fingerprint density at radius 1 is 1.24 bits per heavy atom. The SMILES string of the molecule is O=C(Nc1cc(N2CCCCC2)ccc1Cl)C1CCCO1. The van der Waals surface area contributed by atoms with Crippen LogP contribution in [0, 0.1) is 0 Å². The van der Waals surface area contributed by atoms with Gasteiger partial charge in [-0.3, -0.25) is 4.79 Å². The van der Waals surface area contributed by atoms with E-state index in [0.29, 0.717) is 17.3 Å². The molecule has 2 heterocycles. The Morgan fingerprint density at radius 3 is 2.76 bits per heavy atom. The molecule has 0 bridgehead atoms. The molecule has 1 aromatic carbocycles. The Labute approximate surface area is 130 Å². The van der Waals surface area contributed by atoms with E-state index in [0.717, 1.165) is 31.6 Å². The van der Waals surface area contributed by atoms with Crippen LogP contribution in [0.3, 0.4) is 0 Å². The lowest BCUT2D eigenvalue weighted by Gasteiger charge is -2.29. The maximum Gasteiger partial charge on any atom is 0.253 e. The van der Waals surface area contributed by atoms with E-state index in [9.17, 15) is 4.79 Å². The Hall–Kier alpha value is -1.26. The second-order valence-electron chi connectivity index (χ2n) is 5.70. The molecule has 0 radical (unpaired) electrons. The smallest absolute Gasteiger partial charge is 0.253 e. The van der Waals surface area contributed by atoms with Crippen molar-refractivity contribution in [1.82, 2.24) is 0 Å². The van der Waals surface area contributed by atoms with E-state index < -0.39 is 0 Å². The quantitative estimate of drug-likeness (QED) is 0.930. The molecular weight excluding hydrogens is 288 g/mol. The molecule has 4 nitrogen and oxygen atoms in total. The minimum absolute atomic E-state index is 0.0924. The molecule has 2 aliphatic heterocycles. The molecule has 21 heavy (non-hydrogen) atoms. The van der Waals surface area contributed by atoms with Crippen molar-refractivity contribution < 1.29 is 9.53 Å². The Bertz CT molecular complexity index is 509. The van der Waals surface area contributed by atoms with Crippen LogP contribution in [0.1, 0.15) is 32.1 Å². The lowest BCUT2D eigenvalue weighted by molar-refractivity contribution is -0.124. The van der Waals surface area contributed by atoms with Crippen LogP contribution in [-0.2, 0) is 9.53 Å². The van der Waals surface area contributed by atoms with E-state index in [1.807, 2.05) is 18.2 Å². The van der Waals surface area contributed by atoms with E-state index in [4.69, 9.17) is 16.3 Å². The molecule has 1 N–H and O–H groups in total. The molecule has 2 fully saturated rings. The summed E-state index contributed by atoms with van der Waals surface area (Å²) in [5.41, 5.74) is 1.81. The molecule has 0 aliphatic carbocycles. The van der Waals surface area contributed by atoms with Gasteiger partial charge in [0.05, 0.1) is 10.7 Å². The average molecular weight is 309 g/mol. The van der Waals surface area contributed by atoms with Gasteiger partial charge in [-0.1, -0.05) is 11.6 Å². The minimum atomic E-state index is -0.334. The molecule has 0 saturated carbocycles. The largest absolute Gasteiger partial charge is 0.371 e. The van der Waals surface area contributed by atoms with Crippen molar-refractivity contribution in [3.8, 4) is 0 Å². The zero-order chi connectivity index (χ0) is 14.7. The fourth-order valence-corrected chi connectivity index (χ4v) is 3.12. The van der Waals surface area contributed by atoms with Crippen molar-refractivity contribution in [2.24, 2.45) is 0 Å². The van der Waals surface area contributed by atoms with Crippen molar-refractivity contribution in [2.45, 2.75) is 38.2 Å². The molecule has 114 valence electrons. The monoisotopic (exact) mass is 308 g/mol. The Kier molecular flexibility index (Phi) is 4.66. The number of hydrogen-bond donors (Lipinski definition) is 1. The molecule has 2 aliphatic rings. The number of amides is 1. The number of rotatable bonds is 3. The third kappa shape index (κ3) is 3.50. The summed E-state index contributed by atoms with van der Waals surface area (Å²) in [5, 5.41) is 3.48. The first-order chi connectivity index (χ1) is 10.2. The van der Waals surface area contributed by atoms with E-state index in [2.05, 4.69) is 10.2 Å². The summed E-state index contributed by atoms with van der Waals surface area (Å²) in [6.07, 6.45) is 5.14. The van der Waals surface area contributed by atoms with Crippen LogP contribution in [0.5, 0.6) is 0 Å². The molecule has 1 unspecified atom stereocenters. The lowest BCUT2D eigenvalue weighted by Crippen LogP contribution is -2.30. The normalized spacial score (nSPS) is 22.3. The van der Waals surface area contributed by atoms with Crippen molar-refractivity contribution >= 4 is 28.9 Å². The molecule has 5 heteroatoms. The first kappa shape index (κ1) is 14.7. The zero-order valence-electron chi connectivity index (χ0n) is 12.1. The number of nitrogens with one attached hydrogen (secondary N) is 1. The minimum Gasteiger partial charge on any atom is -0.371 e. The summed E-state index contributed by atoms with van der Waals surface area (Å²) in [6.45, 7) is 2.81. The predicted octanol–water partition coefficient (Wildman–Crippen LogP) is 3.45. The third-order valence-electron chi connectivity index (χ3n) is 4.15. The van der Waals surface area contributed by atoms with Gasteiger partial charge < -0.3 is 15.0 Å². The van der Waals surface area contributed by atoms with Gasteiger partial charge in [0.1, 0.15) is 6.10 Å². The highest BCUT2D eigenvalue weighted by Gasteiger charge is 2.24. The van der Waals surface area contributed by atoms with Crippen LogP contribution in [0.4, 0.5) is 11.4 Å². The molecule has 1 aromatic rings. The number of carbonyl (C=O) groups excluding carboxylic acids is 1. The second kappa shape index (κ2) is 6.67. The van der Waals surface area contributed by atoms with Crippen molar-refractivity contribution in [2.75, 3.05) is 29.9 Å². The summed E-state index contributed by atoms with van der Waals surface area (Å²) in [4.78, 5) is 14.5. The highest BCUT2D eigenvalue weighted by atomic mass is 35.5. The molecule has 2 saturated heterocycles. The van der Waals surface area contributed by atoms with Crippen molar-refractivity contribution in [1.29, 1.82) is 0 Å². The van der Waals surface area contributed by atoms with Crippen LogP contribution in [0.25, 0.3) is 0 Å². The lowest BCUT2D eigenvalue weighted by atomic mass is 10.1. The number of anilines is 2. The number of halogens is 1. The van der Waals surface area contributed by atoms with Gasteiger partial charge in [-0.05, 0) is 50.3 Å². The van der Waals surface area contributed by atoms with Crippen molar-refractivity contribution in [3.05, 3.63) is 23.2 Å². The van der Waals surface area contributed by atoms with Crippen molar-refractivity contribution in [3.63, 3.8) is 0 Å². The van der Waals surface area contributed by atoms with Gasteiger partial charge >= 0.3 is 0 Å². The first-order valence-corrected chi connectivity index (χ1v) is 8.09. The van der Waals surface area contributed by atoms with Gasteiger partial charge in [-0.15, -0.1) is 0 Å². The summed E-state index contributed by atoms with van der Waals surface area (Å²) in [7, 11) is 0. The number of hydrogen-bond acceptors (Lipinski definition) is 3. The van der Waals surface area contributed by atoms with E-state index in [-0.39, 0.29) is 12.0 Å². The Morgan fingerprint density at radius 2 is 2.05 bits per heavy atom. The Balaban J connectivity index is 1.72. The topological polar surface area (TPSA) is 41.6 Å². The molecule has 1 amide bonds. The number of ether oxygens (including phenoxy) is 1. The molecular formula is C16H21ClN2O2. The van der Waals surface area contributed by atoms with Crippen LogP contribution < -0.4 is 10.2 Å². The van der Waals surface area contributed by atoms with E-state index in [1.54, 1.807) is 0 Å². The highest BCUT2D eigenvalue weighted by molar-refractivity contribution is 6.33. The maximum atomic E-state index is 12.1. The fourth-order valence-electron chi connectivity index (χ4n) is 2.96. The van der Waals surface area contributed by atoms with Gasteiger partial charge in [0, 0.05) is 25.4 Å². The second-order valence-corrected chi connectivity index (χ2v) is 6.11. The number of piperidine rings is 1. The predicted molar refractivity (Wildman–Crippen MR) is 85.1 cm³/mol. The van der Waals surface area contributed by atoms with Crippen LogP contribution >= 0.6 is 11.6 Å². The molecule has 0 aromatic heterocycles. The summed E-state index contributed by atoms with van der Waals surface area (Å²) < 4.78 is 5.41. The van der Waals surface area contributed by atoms with Gasteiger partial charge in [-0.25, -0.2) is 0 Å². The molecule has 1 atom stereocenters. The summed E-state index contributed by atoms with van der Waals surface area (Å²) in [6, 6.07) is 5.85. The van der Waals surface area contributed by atoms with Crippen LogP contribution in [0.2, 0.25) is 5.02 Å². The highest BCUT2D eigenvalue weighted by Crippen LogP contribution is 2.29. The molecule has 3 rings (SSSR count). The number of carbonyl (C=O) groups is 1. The van der Waals surface area contributed by atoms with E-state index in [1.165, 1.54) is 19.3 Å². The van der Waals surface area contributed by atoms with Crippen LogP contribution in [0.15, 0.2) is 18.2 Å². The summed E-state index contributed by atoms with van der Waals surface area (Å²) in [5.74, 6) is -0.0924. The molecule has 0 spiro atoms. The van der Waals surface area contributed by atoms with E-state index >= 15 is 0 Å². The first-order valence-electron chi connectivity index (χ1n) is 7.71. The standard InChI is InChI=1S/C16H21ClN2O2/c17-13-7-6-12(19-8-2-1-3-9-19)11-14(13)18-16(20)15-5-4-10-21-15/h6-7,11,15H,1-5,8-10H2,(H,18,20). The van der Waals surface area contributed by atoms with Gasteiger partial charge in [0.25, 0.3) is 5.91 Å². The number of nitrogens with zero attached hydrogens (tertiary/aromatic N) is 1. The fraction of sp³-hybridized carbons (Fsp3) is 0.562. The average Bonchev–Trinajstić information content (AvgIpc) is 3.05. The van der Waals surface area contributed by atoms with Gasteiger partial charge in [-0.2, -0.15) is 0 Å². The maximum absolute atomic E-state index is 12.1. The zero-order valence-corrected chi connectivity index (χ0v) is 12.9. The van der Waals surface area contributed by atoms with Gasteiger partial charge in [0.15, 0.2) is 0 Å². The van der Waals surface area contributed by atoms with Gasteiger partial charge in [0.2, 0.25) is 0 Å². The van der Waals surface area contributed by atoms with Crippen LogP contribution in [-0.4, -0.2) is 31.7 Å².